The molecule has 0 saturated heterocycles. The highest BCUT2D eigenvalue weighted by Crippen LogP contribution is 2.50. The Morgan fingerprint density at radius 1 is 1.45 bits per heavy atom. The fourth-order valence-electron chi connectivity index (χ4n) is 1.85. The molecule has 2 rings (SSSR count). The highest BCUT2D eigenvalue weighted by molar-refractivity contribution is 5.85. The van der Waals surface area contributed by atoms with E-state index in [0.29, 0.717) is 30.5 Å². The smallest absolute Gasteiger partial charge is 0.306 e. The van der Waals surface area contributed by atoms with Crippen molar-refractivity contribution in [2.24, 2.45) is 17.8 Å². The predicted molar refractivity (Wildman–Crippen MR) is 37.0 cm³/mol. The molecule has 2 atom stereocenters. The van der Waals surface area contributed by atoms with E-state index in [1.54, 1.807) is 0 Å². The Hall–Kier alpha value is -0.860. The molecule has 11 heavy (non-hydrogen) atoms. The Morgan fingerprint density at radius 3 is 2.45 bits per heavy atom. The topological polar surface area (TPSA) is 54.4 Å². The van der Waals surface area contributed by atoms with Crippen LogP contribution in [-0.2, 0) is 9.59 Å². The number of carbonyl (C=O) groups is 2. The van der Waals surface area contributed by atoms with E-state index in [1.807, 2.05) is 0 Å². The Morgan fingerprint density at radius 2 is 2.09 bits per heavy atom. The lowest BCUT2D eigenvalue weighted by Gasteiger charge is -2.23. The molecule has 0 radical (unpaired) electrons. The van der Waals surface area contributed by atoms with Crippen molar-refractivity contribution in [1.82, 2.24) is 0 Å². The summed E-state index contributed by atoms with van der Waals surface area (Å²) in [5, 5.41) is 8.57. The molecule has 2 fully saturated rings. The second-order valence-corrected chi connectivity index (χ2v) is 3.55. The highest BCUT2D eigenvalue weighted by Gasteiger charge is 2.51. The van der Waals surface area contributed by atoms with Gasteiger partial charge in [-0.2, -0.15) is 0 Å². The van der Waals surface area contributed by atoms with Crippen LogP contribution in [0.2, 0.25) is 0 Å². The second-order valence-electron chi connectivity index (χ2n) is 3.55. The Balaban J connectivity index is 1.83. The zero-order valence-corrected chi connectivity index (χ0v) is 6.12. The van der Waals surface area contributed by atoms with Gasteiger partial charge in [-0.15, -0.1) is 0 Å². The van der Waals surface area contributed by atoms with E-state index in [-0.39, 0.29) is 5.92 Å². The van der Waals surface area contributed by atoms with Crippen molar-refractivity contribution in [3.8, 4) is 0 Å². The zero-order valence-electron chi connectivity index (χ0n) is 6.12. The first-order valence-corrected chi connectivity index (χ1v) is 3.93. The van der Waals surface area contributed by atoms with Gasteiger partial charge in [-0.25, -0.2) is 0 Å². The standard InChI is InChI=1S/C8H10O3/c9-5-1-4(2-5)6-3-7(6)8(10)11/h4,6-7H,1-3H2,(H,10,11). The zero-order chi connectivity index (χ0) is 8.01. The average molecular weight is 154 g/mol. The average Bonchev–Trinajstić information content (AvgIpc) is 2.58. The number of carboxylic acids is 1. The molecule has 0 heterocycles. The Kier molecular flexibility index (Phi) is 1.28. The highest BCUT2D eigenvalue weighted by atomic mass is 16.4. The third kappa shape index (κ3) is 1.04. The molecule has 2 aliphatic rings. The first kappa shape index (κ1) is 6.83. The van der Waals surface area contributed by atoms with Crippen molar-refractivity contribution in [2.75, 3.05) is 0 Å². The van der Waals surface area contributed by atoms with Gasteiger partial charge >= 0.3 is 5.97 Å². The summed E-state index contributed by atoms with van der Waals surface area (Å²) < 4.78 is 0. The number of ketones is 1. The molecule has 0 aromatic rings. The van der Waals surface area contributed by atoms with Crippen LogP contribution >= 0.6 is 0 Å². The molecule has 0 aliphatic heterocycles. The van der Waals surface area contributed by atoms with Gasteiger partial charge in [-0.05, 0) is 18.3 Å². The van der Waals surface area contributed by atoms with Gasteiger partial charge in [0.2, 0.25) is 0 Å². The fourth-order valence-corrected chi connectivity index (χ4v) is 1.85. The van der Waals surface area contributed by atoms with Crippen LogP contribution in [0.5, 0.6) is 0 Å². The fraction of sp³-hybridized carbons (Fsp3) is 0.750. The van der Waals surface area contributed by atoms with Gasteiger partial charge in [0.1, 0.15) is 5.78 Å². The minimum atomic E-state index is -0.686. The number of Topliss-reactive ketones (excluding diaryl/α,β-unsaturated/α-hetero) is 1. The molecule has 0 amide bonds. The first-order chi connectivity index (χ1) is 5.18. The number of carboxylic acid groups (broad SMARTS) is 1. The van der Waals surface area contributed by atoms with Gasteiger partial charge in [0.05, 0.1) is 5.92 Å². The van der Waals surface area contributed by atoms with Gasteiger partial charge in [0.25, 0.3) is 0 Å². The van der Waals surface area contributed by atoms with E-state index in [4.69, 9.17) is 5.11 Å². The number of aliphatic carboxylic acids is 1. The van der Waals surface area contributed by atoms with E-state index in [0.717, 1.165) is 6.42 Å². The first-order valence-electron chi connectivity index (χ1n) is 3.93. The van der Waals surface area contributed by atoms with Crippen LogP contribution in [0.25, 0.3) is 0 Å². The van der Waals surface area contributed by atoms with Crippen LogP contribution in [0.3, 0.4) is 0 Å². The molecule has 3 nitrogen and oxygen atoms in total. The van der Waals surface area contributed by atoms with E-state index >= 15 is 0 Å². The molecule has 3 heteroatoms. The summed E-state index contributed by atoms with van der Waals surface area (Å²) in [5.74, 6) is 0.210. The van der Waals surface area contributed by atoms with Crippen LogP contribution in [-0.4, -0.2) is 16.9 Å². The Bertz CT molecular complexity index is 213. The van der Waals surface area contributed by atoms with Gasteiger partial charge in [-0.3, -0.25) is 9.59 Å². The third-order valence-corrected chi connectivity index (χ3v) is 2.74. The van der Waals surface area contributed by atoms with Gasteiger partial charge in [0, 0.05) is 12.8 Å². The molecular weight excluding hydrogens is 144 g/mol. The van der Waals surface area contributed by atoms with Crippen molar-refractivity contribution in [3.63, 3.8) is 0 Å². The summed E-state index contributed by atoms with van der Waals surface area (Å²) in [6, 6.07) is 0. The lowest BCUT2D eigenvalue weighted by molar-refractivity contribution is -0.140. The quantitative estimate of drug-likeness (QED) is 0.636. The maximum atomic E-state index is 10.6. The van der Waals surface area contributed by atoms with Crippen molar-refractivity contribution in [3.05, 3.63) is 0 Å². The summed E-state index contributed by atoms with van der Waals surface area (Å²) in [7, 11) is 0. The minimum absolute atomic E-state index is 0.131. The number of carbonyl (C=O) groups excluding carboxylic acids is 1. The number of hydrogen-bond donors (Lipinski definition) is 1. The van der Waals surface area contributed by atoms with Crippen molar-refractivity contribution in [1.29, 1.82) is 0 Å². The predicted octanol–water partition coefficient (Wildman–Crippen LogP) is 0.686. The van der Waals surface area contributed by atoms with Crippen LogP contribution in [0, 0.1) is 17.8 Å². The summed E-state index contributed by atoms with van der Waals surface area (Å²) in [4.78, 5) is 21.0. The molecule has 0 aromatic heterocycles. The molecular formula is C8H10O3. The van der Waals surface area contributed by atoms with Crippen molar-refractivity contribution < 1.29 is 14.7 Å². The number of rotatable bonds is 2. The summed E-state index contributed by atoms with van der Waals surface area (Å²) in [6.45, 7) is 0. The Labute approximate surface area is 64.4 Å². The molecule has 60 valence electrons. The number of hydrogen-bond acceptors (Lipinski definition) is 2. The lowest BCUT2D eigenvalue weighted by Crippen LogP contribution is -2.26. The van der Waals surface area contributed by atoms with Gasteiger partial charge in [-0.1, -0.05) is 0 Å². The van der Waals surface area contributed by atoms with Crippen LogP contribution in [0.15, 0.2) is 0 Å². The summed E-state index contributed by atoms with van der Waals surface area (Å²) in [6.07, 6.45) is 2.07. The van der Waals surface area contributed by atoms with Crippen molar-refractivity contribution >= 4 is 11.8 Å². The van der Waals surface area contributed by atoms with Crippen molar-refractivity contribution in [2.45, 2.75) is 19.3 Å². The van der Waals surface area contributed by atoms with Gasteiger partial charge in [0.15, 0.2) is 0 Å². The monoisotopic (exact) mass is 154 g/mol. The molecule has 2 saturated carbocycles. The van der Waals surface area contributed by atoms with Gasteiger partial charge < -0.3 is 5.11 Å². The van der Waals surface area contributed by atoms with Crippen LogP contribution in [0.1, 0.15) is 19.3 Å². The van der Waals surface area contributed by atoms with E-state index < -0.39 is 5.97 Å². The van der Waals surface area contributed by atoms with E-state index in [9.17, 15) is 9.59 Å². The molecule has 0 spiro atoms. The van der Waals surface area contributed by atoms with Crippen LogP contribution < -0.4 is 0 Å². The third-order valence-electron chi connectivity index (χ3n) is 2.74. The molecule has 0 bridgehead atoms. The molecule has 0 aromatic carbocycles. The molecule has 2 aliphatic carbocycles. The maximum Gasteiger partial charge on any atom is 0.306 e. The van der Waals surface area contributed by atoms with Crippen LogP contribution in [0.4, 0.5) is 0 Å². The lowest BCUT2D eigenvalue weighted by atomic mass is 9.80. The van der Waals surface area contributed by atoms with E-state index in [2.05, 4.69) is 0 Å². The normalized spacial score (nSPS) is 36.5. The maximum absolute atomic E-state index is 10.6. The summed E-state index contributed by atoms with van der Waals surface area (Å²) in [5.41, 5.74) is 0. The van der Waals surface area contributed by atoms with E-state index in [1.165, 1.54) is 0 Å². The largest absolute Gasteiger partial charge is 0.481 e. The SMILES string of the molecule is O=C1CC(C2CC2C(=O)O)C1. The molecule has 1 N–H and O–H groups in total. The minimum Gasteiger partial charge on any atom is -0.481 e. The molecule has 2 unspecified atom stereocenters. The summed E-state index contributed by atoms with van der Waals surface area (Å²) >= 11 is 0. The second kappa shape index (κ2) is 2.06.